The summed E-state index contributed by atoms with van der Waals surface area (Å²) in [5.41, 5.74) is 2.19. The normalized spacial score (nSPS) is 11.1. The molecule has 0 atom stereocenters. The number of rotatable bonds is 6. The maximum Gasteiger partial charge on any atom is 0.261 e. The first-order valence-electron chi connectivity index (χ1n) is 8.42. The Morgan fingerprint density at radius 2 is 1.82 bits per heavy atom. The molecule has 1 amide bonds. The molecule has 6 nitrogen and oxygen atoms in total. The molecule has 28 heavy (non-hydrogen) atoms. The van der Waals surface area contributed by atoms with Crippen LogP contribution < -0.4 is 10.0 Å². The number of halogens is 1. The van der Waals surface area contributed by atoms with Gasteiger partial charge in [0.15, 0.2) is 0 Å². The van der Waals surface area contributed by atoms with Gasteiger partial charge in [-0.1, -0.05) is 35.4 Å². The van der Waals surface area contributed by atoms with Gasteiger partial charge in [0.1, 0.15) is 0 Å². The van der Waals surface area contributed by atoms with Crippen molar-refractivity contribution in [2.24, 2.45) is 0 Å². The summed E-state index contributed by atoms with van der Waals surface area (Å²) in [7, 11) is -3.74. The van der Waals surface area contributed by atoms with Crippen LogP contribution in [0.3, 0.4) is 0 Å². The number of nitrogens with one attached hydrogen (secondary N) is 2. The van der Waals surface area contributed by atoms with Crippen molar-refractivity contribution in [1.82, 2.24) is 10.3 Å². The number of benzene rings is 2. The largest absolute Gasteiger partial charge is 0.346 e. The van der Waals surface area contributed by atoms with E-state index in [2.05, 4.69) is 15.0 Å². The summed E-state index contributed by atoms with van der Waals surface area (Å²) in [5, 5.41) is 2.87. The van der Waals surface area contributed by atoms with Crippen molar-refractivity contribution in [2.45, 2.75) is 18.4 Å². The minimum Gasteiger partial charge on any atom is -0.346 e. The van der Waals surface area contributed by atoms with Crippen LogP contribution in [-0.4, -0.2) is 19.3 Å². The average Bonchev–Trinajstić information content (AvgIpc) is 2.67. The van der Waals surface area contributed by atoms with Gasteiger partial charge in [-0.3, -0.25) is 14.5 Å². The number of carbonyl (C=O) groups excluding carboxylic acids is 1. The van der Waals surface area contributed by atoms with Crippen LogP contribution in [0, 0.1) is 6.92 Å². The zero-order valence-corrected chi connectivity index (χ0v) is 16.6. The number of pyridine rings is 1. The van der Waals surface area contributed by atoms with Gasteiger partial charge in [-0.15, -0.1) is 0 Å². The van der Waals surface area contributed by atoms with Crippen molar-refractivity contribution in [3.8, 4) is 0 Å². The van der Waals surface area contributed by atoms with Crippen molar-refractivity contribution in [3.05, 3.63) is 88.7 Å². The number of hydrogen-bond acceptors (Lipinski definition) is 4. The first-order valence-corrected chi connectivity index (χ1v) is 10.3. The lowest BCUT2D eigenvalue weighted by Crippen LogP contribution is -2.23. The second kappa shape index (κ2) is 8.41. The van der Waals surface area contributed by atoms with E-state index in [1.54, 1.807) is 30.5 Å². The Balaban J connectivity index is 1.71. The summed E-state index contributed by atoms with van der Waals surface area (Å²) in [6, 6.07) is 16.3. The molecule has 0 aliphatic rings. The molecule has 2 N–H and O–H groups in total. The van der Waals surface area contributed by atoms with Crippen molar-refractivity contribution >= 4 is 33.2 Å². The molecule has 1 aromatic heterocycles. The predicted molar refractivity (Wildman–Crippen MR) is 109 cm³/mol. The van der Waals surface area contributed by atoms with Gasteiger partial charge in [-0.25, -0.2) is 8.42 Å². The minimum atomic E-state index is -3.74. The molecule has 0 radical (unpaired) electrons. The van der Waals surface area contributed by atoms with Gasteiger partial charge in [0.25, 0.3) is 15.9 Å². The van der Waals surface area contributed by atoms with E-state index in [-0.39, 0.29) is 33.6 Å². The fraction of sp³-hybridized carbons (Fsp3) is 0.100. The summed E-state index contributed by atoms with van der Waals surface area (Å²) in [5.74, 6) is -0.372. The molecule has 0 saturated carbocycles. The van der Waals surface area contributed by atoms with E-state index in [9.17, 15) is 13.2 Å². The molecule has 0 aliphatic carbocycles. The Hall–Kier alpha value is -2.90. The molecule has 8 heteroatoms. The SMILES string of the molecule is Cc1ccc(S(=O)(=O)Nc2ccc(C(=O)NCc3ccccn3)c(Cl)c2)cc1. The van der Waals surface area contributed by atoms with Crippen LogP contribution in [0.1, 0.15) is 21.6 Å². The maximum atomic E-state index is 12.5. The van der Waals surface area contributed by atoms with Crippen LogP contribution in [0.5, 0.6) is 0 Å². The Morgan fingerprint density at radius 1 is 1.07 bits per heavy atom. The highest BCUT2D eigenvalue weighted by molar-refractivity contribution is 7.92. The number of sulfonamides is 1. The van der Waals surface area contributed by atoms with Gasteiger partial charge in [-0.2, -0.15) is 0 Å². The van der Waals surface area contributed by atoms with Gasteiger partial charge in [0.05, 0.1) is 33.4 Å². The highest BCUT2D eigenvalue weighted by Crippen LogP contribution is 2.23. The van der Waals surface area contributed by atoms with Crippen LogP contribution >= 0.6 is 11.6 Å². The molecule has 1 heterocycles. The molecule has 0 fully saturated rings. The molecular weight excluding hydrogens is 398 g/mol. The van der Waals surface area contributed by atoms with Gasteiger partial charge in [0.2, 0.25) is 0 Å². The van der Waals surface area contributed by atoms with Crippen molar-refractivity contribution in [2.75, 3.05) is 4.72 Å². The van der Waals surface area contributed by atoms with Crippen molar-refractivity contribution in [1.29, 1.82) is 0 Å². The van der Waals surface area contributed by atoms with E-state index in [1.807, 2.05) is 13.0 Å². The lowest BCUT2D eigenvalue weighted by molar-refractivity contribution is 0.0950. The van der Waals surface area contributed by atoms with E-state index in [4.69, 9.17) is 11.6 Å². The monoisotopic (exact) mass is 415 g/mol. The Kier molecular flexibility index (Phi) is 5.96. The van der Waals surface area contributed by atoms with E-state index in [0.717, 1.165) is 11.3 Å². The summed E-state index contributed by atoms with van der Waals surface area (Å²) in [6.07, 6.45) is 1.64. The number of aromatic nitrogens is 1. The molecule has 0 unspecified atom stereocenters. The number of nitrogens with zero attached hydrogens (tertiary/aromatic N) is 1. The van der Waals surface area contributed by atoms with Crippen LogP contribution in [0.25, 0.3) is 0 Å². The van der Waals surface area contributed by atoms with E-state index >= 15 is 0 Å². The van der Waals surface area contributed by atoms with Crippen molar-refractivity contribution < 1.29 is 13.2 Å². The molecule has 0 aliphatic heterocycles. The molecule has 2 aromatic carbocycles. The number of amides is 1. The first-order chi connectivity index (χ1) is 13.3. The molecule has 0 saturated heterocycles. The Labute approximate surface area is 168 Å². The van der Waals surface area contributed by atoms with E-state index in [0.29, 0.717) is 0 Å². The van der Waals surface area contributed by atoms with Crippen LogP contribution in [0.15, 0.2) is 71.8 Å². The number of aryl methyl sites for hydroxylation is 1. The standard InChI is InChI=1S/C20H18ClN3O3S/c1-14-5-8-17(9-6-14)28(26,27)24-15-7-10-18(19(21)12-15)20(25)23-13-16-4-2-3-11-22-16/h2-12,24H,13H2,1H3,(H,23,25). The summed E-state index contributed by atoms with van der Waals surface area (Å²) in [6.45, 7) is 2.14. The van der Waals surface area contributed by atoms with Crippen LogP contribution in [0.4, 0.5) is 5.69 Å². The highest BCUT2D eigenvalue weighted by atomic mass is 35.5. The maximum absolute atomic E-state index is 12.5. The van der Waals surface area contributed by atoms with Crippen molar-refractivity contribution in [3.63, 3.8) is 0 Å². The lowest BCUT2D eigenvalue weighted by atomic mass is 10.2. The predicted octanol–water partition coefficient (Wildman–Crippen LogP) is 3.77. The van der Waals surface area contributed by atoms with Gasteiger partial charge < -0.3 is 5.32 Å². The van der Waals surface area contributed by atoms with Gasteiger partial charge >= 0.3 is 0 Å². The molecule has 0 spiro atoms. The molecular formula is C20H18ClN3O3S. The van der Waals surface area contributed by atoms with Gasteiger partial charge in [0, 0.05) is 6.20 Å². The molecule has 144 valence electrons. The fourth-order valence-electron chi connectivity index (χ4n) is 2.46. The van der Waals surface area contributed by atoms with Crippen LogP contribution in [-0.2, 0) is 16.6 Å². The average molecular weight is 416 g/mol. The Morgan fingerprint density at radius 3 is 2.46 bits per heavy atom. The third kappa shape index (κ3) is 4.88. The zero-order chi connectivity index (χ0) is 20.1. The first kappa shape index (κ1) is 19.9. The Bertz CT molecular complexity index is 1090. The molecule has 3 rings (SSSR count). The number of hydrogen-bond donors (Lipinski definition) is 2. The quantitative estimate of drug-likeness (QED) is 0.641. The topological polar surface area (TPSA) is 88.2 Å². The van der Waals surface area contributed by atoms with E-state index < -0.39 is 10.0 Å². The van der Waals surface area contributed by atoms with Crippen LogP contribution in [0.2, 0.25) is 5.02 Å². The summed E-state index contributed by atoms with van der Waals surface area (Å²) in [4.78, 5) is 16.6. The number of anilines is 1. The smallest absolute Gasteiger partial charge is 0.261 e. The van der Waals surface area contributed by atoms with Gasteiger partial charge in [-0.05, 0) is 49.4 Å². The summed E-state index contributed by atoms with van der Waals surface area (Å²) < 4.78 is 27.4. The lowest BCUT2D eigenvalue weighted by Gasteiger charge is -2.11. The second-order valence-corrected chi connectivity index (χ2v) is 8.21. The minimum absolute atomic E-state index is 0.141. The third-order valence-electron chi connectivity index (χ3n) is 3.95. The summed E-state index contributed by atoms with van der Waals surface area (Å²) >= 11 is 6.19. The third-order valence-corrected chi connectivity index (χ3v) is 5.66. The fourth-order valence-corrected chi connectivity index (χ4v) is 3.78. The highest BCUT2D eigenvalue weighted by Gasteiger charge is 2.16. The zero-order valence-electron chi connectivity index (χ0n) is 15.0. The number of carbonyl (C=O) groups is 1. The molecule has 3 aromatic rings. The molecule has 0 bridgehead atoms. The second-order valence-electron chi connectivity index (χ2n) is 6.12. The van der Waals surface area contributed by atoms with E-state index in [1.165, 1.54) is 30.3 Å².